The maximum atomic E-state index is 9.46. The molecule has 6 heteroatoms. The number of anilines is 3. The molecule has 0 saturated carbocycles. The Morgan fingerprint density at radius 2 is 1.74 bits per heavy atom. The quantitative estimate of drug-likeness (QED) is 0.694. The molecule has 0 aliphatic rings. The van der Waals surface area contributed by atoms with Crippen molar-refractivity contribution in [3.8, 4) is 0 Å². The molecule has 0 amide bonds. The van der Waals surface area contributed by atoms with E-state index in [1.165, 1.54) is 5.56 Å². The van der Waals surface area contributed by atoms with Crippen LogP contribution >= 0.6 is 0 Å². The molecular formula is C17H25N5O. The number of nitrogens with zero attached hydrogens (tertiary/aromatic N) is 3. The first-order chi connectivity index (χ1) is 11.1. The van der Waals surface area contributed by atoms with Crippen molar-refractivity contribution in [3.63, 3.8) is 0 Å². The van der Waals surface area contributed by atoms with E-state index in [-0.39, 0.29) is 12.6 Å². The van der Waals surface area contributed by atoms with E-state index in [9.17, 15) is 5.11 Å². The highest BCUT2D eigenvalue weighted by Gasteiger charge is 2.10. The average molecular weight is 315 g/mol. The molecule has 1 aromatic heterocycles. The first kappa shape index (κ1) is 17.1. The predicted molar refractivity (Wildman–Crippen MR) is 93.0 cm³/mol. The second kappa shape index (κ2) is 8.43. The Morgan fingerprint density at radius 1 is 1.04 bits per heavy atom. The average Bonchev–Trinajstić information content (AvgIpc) is 2.53. The van der Waals surface area contributed by atoms with E-state index in [1.807, 2.05) is 38.1 Å². The van der Waals surface area contributed by atoms with Crippen molar-refractivity contribution in [2.75, 3.05) is 17.2 Å². The van der Waals surface area contributed by atoms with Crippen LogP contribution < -0.4 is 10.6 Å². The number of aliphatic hydroxyl groups excluding tert-OH is 1. The van der Waals surface area contributed by atoms with Crippen LogP contribution in [0.4, 0.5) is 17.6 Å². The third-order valence-electron chi connectivity index (χ3n) is 3.51. The van der Waals surface area contributed by atoms with Crippen LogP contribution in [0.25, 0.3) is 0 Å². The summed E-state index contributed by atoms with van der Waals surface area (Å²) in [5.74, 6) is 1.61. The fourth-order valence-electron chi connectivity index (χ4n) is 2.21. The Labute approximate surface area is 137 Å². The number of aryl methyl sites for hydroxylation is 2. The second-order valence-corrected chi connectivity index (χ2v) is 5.69. The summed E-state index contributed by atoms with van der Waals surface area (Å²) >= 11 is 0. The minimum atomic E-state index is -0.0380. The van der Waals surface area contributed by atoms with Gasteiger partial charge in [0.1, 0.15) is 5.82 Å². The summed E-state index contributed by atoms with van der Waals surface area (Å²) in [4.78, 5) is 13.0. The van der Waals surface area contributed by atoms with Gasteiger partial charge in [-0.2, -0.15) is 15.0 Å². The molecule has 0 bridgehead atoms. The Morgan fingerprint density at radius 3 is 2.39 bits per heavy atom. The standard InChI is InChI=1S/C17H25N5O/c1-4-5-6-15(11-23)21-17-19-13(3)18-16(22-17)20-14-9-7-12(2)8-10-14/h7-10,15,23H,4-6,11H2,1-3H3,(H2,18,19,20,21,22). The fourth-order valence-corrected chi connectivity index (χ4v) is 2.21. The van der Waals surface area contributed by atoms with Crippen molar-refractivity contribution in [1.29, 1.82) is 0 Å². The van der Waals surface area contributed by atoms with Crippen LogP contribution in [0, 0.1) is 13.8 Å². The Balaban J connectivity index is 2.09. The molecule has 0 aliphatic heterocycles. The van der Waals surface area contributed by atoms with Crippen LogP contribution in [0.5, 0.6) is 0 Å². The minimum Gasteiger partial charge on any atom is -0.394 e. The van der Waals surface area contributed by atoms with Crippen molar-refractivity contribution in [3.05, 3.63) is 35.7 Å². The van der Waals surface area contributed by atoms with E-state index < -0.39 is 0 Å². The van der Waals surface area contributed by atoms with Crippen molar-refractivity contribution in [1.82, 2.24) is 15.0 Å². The number of hydrogen-bond donors (Lipinski definition) is 3. The molecule has 1 heterocycles. The molecule has 0 saturated heterocycles. The van der Waals surface area contributed by atoms with E-state index >= 15 is 0 Å². The summed E-state index contributed by atoms with van der Waals surface area (Å²) < 4.78 is 0. The third kappa shape index (κ3) is 5.49. The van der Waals surface area contributed by atoms with Crippen LogP contribution in [0.15, 0.2) is 24.3 Å². The maximum Gasteiger partial charge on any atom is 0.232 e. The van der Waals surface area contributed by atoms with E-state index in [1.54, 1.807) is 0 Å². The van der Waals surface area contributed by atoms with E-state index in [2.05, 4.69) is 32.5 Å². The number of rotatable bonds is 8. The summed E-state index contributed by atoms with van der Waals surface area (Å²) in [5, 5.41) is 15.8. The highest BCUT2D eigenvalue weighted by atomic mass is 16.3. The summed E-state index contributed by atoms with van der Waals surface area (Å²) in [7, 11) is 0. The lowest BCUT2D eigenvalue weighted by molar-refractivity contribution is 0.266. The zero-order valence-corrected chi connectivity index (χ0v) is 14.0. The molecule has 3 N–H and O–H groups in total. The summed E-state index contributed by atoms with van der Waals surface area (Å²) in [5.41, 5.74) is 2.13. The van der Waals surface area contributed by atoms with Gasteiger partial charge in [0.15, 0.2) is 0 Å². The highest BCUT2D eigenvalue weighted by molar-refractivity contribution is 5.54. The second-order valence-electron chi connectivity index (χ2n) is 5.69. The molecule has 6 nitrogen and oxygen atoms in total. The van der Waals surface area contributed by atoms with Gasteiger partial charge >= 0.3 is 0 Å². The molecule has 23 heavy (non-hydrogen) atoms. The van der Waals surface area contributed by atoms with Gasteiger partial charge in [0.2, 0.25) is 11.9 Å². The third-order valence-corrected chi connectivity index (χ3v) is 3.51. The lowest BCUT2D eigenvalue weighted by atomic mass is 10.1. The van der Waals surface area contributed by atoms with Crippen LogP contribution in [0.2, 0.25) is 0 Å². The number of aromatic nitrogens is 3. The lowest BCUT2D eigenvalue weighted by Crippen LogP contribution is -2.25. The minimum absolute atomic E-state index is 0.0380. The largest absolute Gasteiger partial charge is 0.394 e. The first-order valence-electron chi connectivity index (χ1n) is 8.04. The molecule has 0 fully saturated rings. The number of hydrogen-bond acceptors (Lipinski definition) is 6. The zero-order chi connectivity index (χ0) is 16.7. The smallest absolute Gasteiger partial charge is 0.232 e. The fraction of sp³-hybridized carbons (Fsp3) is 0.471. The van der Waals surface area contributed by atoms with E-state index in [4.69, 9.17) is 0 Å². The van der Waals surface area contributed by atoms with Crippen LogP contribution in [0.3, 0.4) is 0 Å². The number of aliphatic hydroxyl groups is 1. The molecule has 0 aliphatic carbocycles. The van der Waals surface area contributed by atoms with Gasteiger partial charge in [-0.15, -0.1) is 0 Å². The maximum absolute atomic E-state index is 9.46. The topological polar surface area (TPSA) is 83.0 Å². The van der Waals surface area contributed by atoms with Gasteiger partial charge in [0.05, 0.1) is 12.6 Å². The predicted octanol–water partition coefficient (Wildman–Crippen LogP) is 3.20. The number of unbranched alkanes of at least 4 members (excludes halogenated alkanes) is 1. The molecule has 2 aromatic rings. The highest BCUT2D eigenvalue weighted by Crippen LogP contribution is 2.15. The summed E-state index contributed by atoms with van der Waals surface area (Å²) in [6, 6.07) is 7.99. The number of nitrogens with one attached hydrogen (secondary N) is 2. The van der Waals surface area contributed by atoms with Gasteiger partial charge in [-0.25, -0.2) is 0 Å². The van der Waals surface area contributed by atoms with E-state index in [0.29, 0.717) is 17.7 Å². The molecule has 0 radical (unpaired) electrons. The molecular weight excluding hydrogens is 290 g/mol. The normalized spacial score (nSPS) is 12.0. The molecule has 124 valence electrons. The molecule has 1 unspecified atom stereocenters. The van der Waals surface area contributed by atoms with Gasteiger partial charge in [0, 0.05) is 5.69 Å². The molecule has 0 spiro atoms. The Hall–Kier alpha value is -2.21. The van der Waals surface area contributed by atoms with Gasteiger partial charge in [0.25, 0.3) is 0 Å². The van der Waals surface area contributed by atoms with Gasteiger partial charge in [-0.3, -0.25) is 0 Å². The lowest BCUT2D eigenvalue weighted by Gasteiger charge is -2.16. The number of benzene rings is 1. The SMILES string of the molecule is CCCCC(CO)Nc1nc(C)nc(Nc2ccc(C)cc2)n1. The van der Waals surface area contributed by atoms with Crippen LogP contribution in [0.1, 0.15) is 37.6 Å². The summed E-state index contributed by atoms with van der Waals surface area (Å²) in [6.07, 6.45) is 3.03. The Bertz CT molecular complexity index is 615. The van der Waals surface area contributed by atoms with Crippen molar-refractivity contribution >= 4 is 17.6 Å². The van der Waals surface area contributed by atoms with E-state index in [0.717, 1.165) is 24.9 Å². The monoisotopic (exact) mass is 315 g/mol. The van der Waals surface area contributed by atoms with Crippen LogP contribution in [-0.4, -0.2) is 32.7 Å². The molecule has 1 atom stereocenters. The summed E-state index contributed by atoms with van der Waals surface area (Å²) in [6.45, 7) is 6.06. The van der Waals surface area contributed by atoms with Gasteiger partial charge < -0.3 is 15.7 Å². The molecule has 2 rings (SSSR count). The van der Waals surface area contributed by atoms with Crippen LogP contribution in [-0.2, 0) is 0 Å². The van der Waals surface area contributed by atoms with Gasteiger partial charge in [-0.1, -0.05) is 37.5 Å². The van der Waals surface area contributed by atoms with Crippen molar-refractivity contribution in [2.24, 2.45) is 0 Å². The van der Waals surface area contributed by atoms with Gasteiger partial charge in [-0.05, 0) is 32.4 Å². The first-order valence-corrected chi connectivity index (χ1v) is 8.04. The van der Waals surface area contributed by atoms with Crippen molar-refractivity contribution < 1.29 is 5.11 Å². The Kier molecular flexibility index (Phi) is 6.29. The zero-order valence-electron chi connectivity index (χ0n) is 14.0. The van der Waals surface area contributed by atoms with Crippen molar-refractivity contribution in [2.45, 2.75) is 46.1 Å². The molecule has 1 aromatic carbocycles.